The molecule has 180 valence electrons. The number of benzene rings is 1. The molecule has 0 spiro atoms. The zero-order chi connectivity index (χ0) is 23.6. The van der Waals surface area contributed by atoms with Crippen molar-refractivity contribution in [2.75, 3.05) is 20.1 Å². The molecule has 2 fully saturated rings. The maximum Gasteiger partial charge on any atom is 0.527 e. The Morgan fingerprint density at radius 2 is 2.00 bits per heavy atom. The van der Waals surface area contributed by atoms with Gasteiger partial charge in [-0.3, -0.25) is 4.79 Å². The number of rotatable bonds is 6. The van der Waals surface area contributed by atoms with E-state index >= 15 is 0 Å². The standard InChI is InChI=1S/C26H41BN3O3/c1-3-11-26-16-22(7-8-23(26)15-24(27(32)33)29(2)18-26)25(31)30-12-9-20(10-13-30)21-6-4-5-19(14-21)17-28/h4-6,14,18,20,22-24,32-33H,3,7-13,15-17,28H2,1-2H3/q+1. The lowest BCUT2D eigenvalue weighted by atomic mass is 9.55. The van der Waals surface area contributed by atoms with Crippen molar-refractivity contribution in [3.8, 4) is 0 Å². The first-order valence-electron chi connectivity index (χ1n) is 12.9. The number of carbonyl (C=O) groups excluding carboxylic acids is 1. The molecule has 4 unspecified atom stereocenters. The number of piperidine rings is 1. The van der Waals surface area contributed by atoms with Crippen LogP contribution in [0, 0.1) is 17.3 Å². The normalized spacial score (nSPS) is 30.5. The van der Waals surface area contributed by atoms with E-state index in [1.54, 1.807) is 0 Å². The summed E-state index contributed by atoms with van der Waals surface area (Å²) in [6.07, 6.45) is 9.98. The molecule has 1 aromatic rings. The zero-order valence-electron chi connectivity index (χ0n) is 20.3. The van der Waals surface area contributed by atoms with Crippen LogP contribution in [0.15, 0.2) is 24.3 Å². The summed E-state index contributed by atoms with van der Waals surface area (Å²) in [5, 5.41) is 19.6. The van der Waals surface area contributed by atoms with Gasteiger partial charge in [-0.25, -0.2) is 4.58 Å². The van der Waals surface area contributed by atoms with Gasteiger partial charge in [0.1, 0.15) is 13.3 Å². The molecule has 0 radical (unpaired) electrons. The van der Waals surface area contributed by atoms with Gasteiger partial charge in [-0.05, 0) is 61.5 Å². The van der Waals surface area contributed by atoms with E-state index in [2.05, 4.69) is 42.3 Å². The van der Waals surface area contributed by atoms with Crippen LogP contribution in [-0.4, -0.2) is 64.8 Å². The van der Waals surface area contributed by atoms with E-state index in [0.29, 0.717) is 24.3 Å². The van der Waals surface area contributed by atoms with Crippen molar-refractivity contribution >= 4 is 19.2 Å². The third kappa shape index (κ3) is 5.05. The minimum absolute atomic E-state index is 0.00550. The van der Waals surface area contributed by atoms with Crippen molar-refractivity contribution < 1.29 is 19.4 Å². The predicted molar refractivity (Wildman–Crippen MR) is 132 cm³/mol. The van der Waals surface area contributed by atoms with Crippen LogP contribution in [0.4, 0.5) is 0 Å². The number of nitrogens with zero attached hydrogens (tertiary/aromatic N) is 2. The van der Waals surface area contributed by atoms with E-state index in [1.165, 1.54) is 11.1 Å². The lowest BCUT2D eigenvalue weighted by Crippen LogP contribution is -2.54. The first-order chi connectivity index (χ1) is 15.9. The Hall–Kier alpha value is -1.70. The molecule has 2 aliphatic heterocycles. The molecule has 6 nitrogen and oxygen atoms in total. The van der Waals surface area contributed by atoms with Gasteiger partial charge in [-0.2, -0.15) is 0 Å². The van der Waals surface area contributed by atoms with Crippen LogP contribution in [-0.2, 0) is 11.3 Å². The zero-order valence-corrected chi connectivity index (χ0v) is 20.3. The largest absolute Gasteiger partial charge is 0.527 e. The number of carbonyl (C=O) groups is 1. The highest BCUT2D eigenvalue weighted by Crippen LogP contribution is 2.50. The molecule has 1 amide bonds. The van der Waals surface area contributed by atoms with E-state index < -0.39 is 7.12 Å². The molecule has 1 aromatic carbocycles. The van der Waals surface area contributed by atoms with Crippen molar-refractivity contribution in [3.63, 3.8) is 0 Å². The highest BCUT2D eigenvalue weighted by atomic mass is 16.4. The Labute approximate surface area is 199 Å². The lowest BCUT2D eigenvalue weighted by Gasteiger charge is -2.47. The lowest BCUT2D eigenvalue weighted by molar-refractivity contribution is -0.529. The molecule has 1 aliphatic carbocycles. The van der Waals surface area contributed by atoms with Gasteiger partial charge < -0.3 is 20.7 Å². The second-order valence-corrected chi connectivity index (χ2v) is 10.7. The van der Waals surface area contributed by atoms with Crippen LogP contribution < -0.4 is 5.73 Å². The van der Waals surface area contributed by atoms with E-state index in [4.69, 9.17) is 5.73 Å². The molecule has 0 bridgehead atoms. The van der Waals surface area contributed by atoms with E-state index in [0.717, 1.165) is 64.5 Å². The SMILES string of the molecule is CCCC12C=[N+](C)C(B(O)O)CC1CCC(C(=O)N1CCC(c3cccc(CN)c3)CC1)C2. The van der Waals surface area contributed by atoms with Gasteiger partial charge >= 0.3 is 7.12 Å². The summed E-state index contributed by atoms with van der Waals surface area (Å²) in [4.78, 5) is 15.7. The van der Waals surface area contributed by atoms with Crippen molar-refractivity contribution in [1.29, 1.82) is 0 Å². The fourth-order valence-corrected chi connectivity index (χ4v) is 6.93. The Kier molecular flexibility index (Phi) is 7.61. The summed E-state index contributed by atoms with van der Waals surface area (Å²) < 4.78 is 2.00. The second kappa shape index (κ2) is 10.3. The van der Waals surface area contributed by atoms with Gasteiger partial charge in [0.15, 0.2) is 5.94 Å². The molecule has 0 aromatic heterocycles. The van der Waals surface area contributed by atoms with Gasteiger partial charge in [0, 0.05) is 32.0 Å². The molecule has 3 aliphatic rings. The van der Waals surface area contributed by atoms with Gasteiger partial charge in [0.2, 0.25) is 5.91 Å². The first-order valence-corrected chi connectivity index (χ1v) is 12.9. The van der Waals surface area contributed by atoms with Gasteiger partial charge in [-0.1, -0.05) is 37.6 Å². The Balaban J connectivity index is 1.42. The minimum Gasteiger partial charge on any atom is -0.423 e. The smallest absolute Gasteiger partial charge is 0.423 e. The molecular weight excluding hydrogens is 413 g/mol. The van der Waals surface area contributed by atoms with Crippen molar-refractivity contribution in [2.45, 2.75) is 76.7 Å². The van der Waals surface area contributed by atoms with Gasteiger partial charge in [0.25, 0.3) is 0 Å². The maximum absolute atomic E-state index is 13.6. The summed E-state index contributed by atoms with van der Waals surface area (Å²) in [5.41, 5.74) is 8.34. The van der Waals surface area contributed by atoms with Crippen molar-refractivity contribution in [2.24, 2.45) is 23.0 Å². The summed E-state index contributed by atoms with van der Waals surface area (Å²) in [5.74, 6) is 1.09. The summed E-state index contributed by atoms with van der Waals surface area (Å²) in [6, 6.07) is 8.60. The number of likely N-dealkylation sites (tertiary alicyclic amines) is 1. The second-order valence-electron chi connectivity index (χ2n) is 10.7. The quantitative estimate of drug-likeness (QED) is 0.455. The highest BCUT2D eigenvalue weighted by Gasteiger charge is 2.53. The molecule has 33 heavy (non-hydrogen) atoms. The minimum atomic E-state index is -1.32. The molecule has 4 rings (SSSR count). The van der Waals surface area contributed by atoms with E-state index in [9.17, 15) is 14.8 Å². The molecule has 7 heteroatoms. The Morgan fingerprint density at radius 1 is 1.24 bits per heavy atom. The van der Waals surface area contributed by atoms with E-state index in [-0.39, 0.29) is 17.3 Å². The maximum atomic E-state index is 13.6. The monoisotopic (exact) mass is 454 g/mol. The van der Waals surface area contributed by atoms with Crippen LogP contribution >= 0.6 is 0 Å². The average molecular weight is 454 g/mol. The van der Waals surface area contributed by atoms with Crippen LogP contribution in [0.3, 0.4) is 0 Å². The highest BCUT2D eigenvalue weighted by molar-refractivity contribution is 6.42. The van der Waals surface area contributed by atoms with Crippen molar-refractivity contribution in [1.82, 2.24) is 4.90 Å². The summed E-state index contributed by atoms with van der Waals surface area (Å²) >= 11 is 0. The first kappa shape index (κ1) is 24.4. The van der Waals surface area contributed by atoms with Crippen LogP contribution in [0.1, 0.15) is 75.3 Å². The van der Waals surface area contributed by atoms with Crippen LogP contribution in [0.2, 0.25) is 0 Å². The number of nitrogens with two attached hydrogens (primary N) is 1. The molecule has 4 atom stereocenters. The molecule has 1 saturated carbocycles. The molecule has 2 heterocycles. The Bertz CT molecular complexity index is 868. The fourth-order valence-electron chi connectivity index (χ4n) is 6.93. The number of hydrogen-bond donors (Lipinski definition) is 3. The molecule has 4 N–H and O–H groups in total. The topological polar surface area (TPSA) is 89.8 Å². The van der Waals surface area contributed by atoms with Gasteiger partial charge in [0.05, 0.1) is 5.41 Å². The summed E-state index contributed by atoms with van der Waals surface area (Å²) in [7, 11) is 0.630. The number of hydrogen-bond acceptors (Lipinski definition) is 4. The van der Waals surface area contributed by atoms with Gasteiger partial charge in [-0.15, -0.1) is 0 Å². The third-order valence-electron chi connectivity index (χ3n) is 8.69. The fraction of sp³-hybridized carbons (Fsp3) is 0.692. The average Bonchev–Trinajstić information content (AvgIpc) is 2.82. The van der Waals surface area contributed by atoms with Crippen LogP contribution in [0.5, 0.6) is 0 Å². The third-order valence-corrected chi connectivity index (χ3v) is 8.69. The molecule has 1 saturated heterocycles. The van der Waals surface area contributed by atoms with E-state index in [1.807, 2.05) is 11.6 Å². The molecular formula is C26H41BN3O3+. The number of amides is 1. The summed E-state index contributed by atoms with van der Waals surface area (Å²) in [6.45, 7) is 4.44. The number of fused-ring (bicyclic) bond motifs is 1. The van der Waals surface area contributed by atoms with Crippen molar-refractivity contribution in [3.05, 3.63) is 35.4 Å². The Morgan fingerprint density at radius 3 is 2.67 bits per heavy atom. The van der Waals surface area contributed by atoms with Crippen LogP contribution in [0.25, 0.3) is 0 Å². The predicted octanol–water partition coefficient (Wildman–Crippen LogP) is 2.55.